The van der Waals surface area contributed by atoms with Gasteiger partial charge in [-0.3, -0.25) is 19.2 Å². The van der Waals surface area contributed by atoms with E-state index in [-0.39, 0.29) is 79.9 Å². The Morgan fingerprint density at radius 2 is 0.962 bits per heavy atom. The molecule has 2 heterocycles. The first-order valence-corrected chi connectivity index (χ1v) is 27.9. The number of benzene rings is 2. The van der Waals surface area contributed by atoms with Crippen LogP contribution in [0, 0.1) is 0 Å². The van der Waals surface area contributed by atoms with Crippen molar-refractivity contribution in [1.82, 2.24) is 24.5 Å². The molecule has 0 spiro atoms. The molecule has 2 aliphatic heterocycles. The van der Waals surface area contributed by atoms with Gasteiger partial charge in [0, 0.05) is 108 Å². The predicted octanol–water partition coefficient (Wildman–Crippen LogP) is 9.58. The van der Waals surface area contributed by atoms with Crippen molar-refractivity contribution in [1.29, 1.82) is 0 Å². The van der Waals surface area contributed by atoms with Gasteiger partial charge in [0.05, 0.1) is 45.9 Å². The smallest absolute Gasteiger partial charge is 0.410 e. The topological polar surface area (TPSA) is 213 Å². The molecular formula is C59H95N5O15. The Kier molecular flexibility index (Phi) is 27.0. The van der Waals surface area contributed by atoms with Crippen molar-refractivity contribution in [2.75, 3.05) is 74.5 Å². The van der Waals surface area contributed by atoms with Crippen LogP contribution in [0.3, 0.4) is 0 Å². The molecule has 0 unspecified atom stereocenters. The van der Waals surface area contributed by atoms with Gasteiger partial charge in [-0.15, -0.1) is 0 Å². The first-order chi connectivity index (χ1) is 37.1. The Bertz CT molecular complexity index is 2280. The molecule has 4 atom stereocenters. The fourth-order valence-electron chi connectivity index (χ4n) is 9.89. The number of ether oxygens (including phenoxy) is 8. The molecule has 2 aromatic carbocycles. The summed E-state index contributed by atoms with van der Waals surface area (Å²) in [6.45, 7) is 27.5. The summed E-state index contributed by atoms with van der Waals surface area (Å²) in [4.78, 5) is 87.4. The molecule has 2 saturated heterocycles. The van der Waals surface area contributed by atoms with Crippen molar-refractivity contribution in [3.8, 4) is 23.0 Å². The molecule has 20 heteroatoms. The second-order valence-corrected chi connectivity index (χ2v) is 22.8. The van der Waals surface area contributed by atoms with Crippen molar-refractivity contribution in [2.45, 2.75) is 195 Å². The van der Waals surface area contributed by atoms with Gasteiger partial charge >= 0.3 is 18.2 Å². The predicted molar refractivity (Wildman–Crippen MR) is 301 cm³/mol. The summed E-state index contributed by atoms with van der Waals surface area (Å²) in [7, 11) is 6.37. The Balaban J connectivity index is 0.000000419. The second-order valence-electron chi connectivity index (χ2n) is 22.8. The van der Waals surface area contributed by atoms with E-state index in [9.17, 15) is 33.9 Å². The summed E-state index contributed by atoms with van der Waals surface area (Å²) in [5.41, 5.74) is -0.508. The third-order valence-corrected chi connectivity index (χ3v) is 13.4. The van der Waals surface area contributed by atoms with E-state index in [1.807, 2.05) is 79.0 Å². The highest BCUT2D eigenvalue weighted by Crippen LogP contribution is 2.34. The fourth-order valence-corrected chi connectivity index (χ4v) is 9.89. The van der Waals surface area contributed by atoms with E-state index in [0.717, 1.165) is 0 Å². The molecule has 0 saturated carbocycles. The third-order valence-electron chi connectivity index (χ3n) is 13.4. The van der Waals surface area contributed by atoms with Gasteiger partial charge in [0.1, 0.15) is 11.2 Å². The van der Waals surface area contributed by atoms with Crippen LogP contribution in [0.5, 0.6) is 23.0 Å². The van der Waals surface area contributed by atoms with Crippen LogP contribution < -0.4 is 18.9 Å². The zero-order valence-electron chi connectivity index (χ0n) is 50.5. The van der Waals surface area contributed by atoms with Crippen LogP contribution in [0.4, 0.5) is 9.59 Å². The molecule has 1 N–H and O–H groups in total. The summed E-state index contributed by atoms with van der Waals surface area (Å²) in [6, 6.07) is 8.66. The molecule has 4 rings (SSSR count). The van der Waals surface area contributed by atoms with Crippen molar-refractivity contribution < 1.29 is 71.8 Å². The maximum atomic E-state index is 14.0. The number of amides is 5. The third kappa shape index (κ3) is 20.9. The number of carbonyl (C=O) groups excluding carboxylic acids is 5. The van der Waals surface area contributed by atoms with Gasteiger partial charge in [0.25, 0.3) is 11.8 Å². The average molecular weight is 1110 g/mol. The Morgan fingerprint density at radius 3 is 1.28 bits per heavy atom. The number of nitrogens with zero attached hydrogens (tertiary/aromatic N) is 5. The van der Waals surface area contributed by atoms with Crippen LogP contribution in [-0.4, -0.2) is 193 Å². The molecule has 2 aromatic rings. The van der Waals surface area contributed by atoms with E-state index in [0.29, 0.717) is 106 Å². The number of aliphatic carboxylic acids is 1. The van der Waals surface area contributed by atoms with E-state index in [1.165, 1.54) is 4.90 Å². The molecule has 2 aliphatic rings. The van der Waals surface area contributed by atoms with Crippen LogP contribution in [-0.2, 0) is 28.5 Å². The molecule has 0 radical (unpaired) electrons. The molecular weight excluding hydrogens is 1020 g/mol. The molecule has 446 valence electrons. The van der Waals surface area contributed by atoms with Crippen molar-refractivity contribution >= 4 is 35.9 Å². The van der Waals surface area contributed by atoms with E-state index in [4.69, 9.17) is 37.9 Å². The van der Waals surface area contributed by atoms with E-state index >= 15 is 0 Å². The van der Waals surface area contributed by atoms with Crippen LogP contribution in [0.2, 0.25) is 0 Å². The van der Waals surface area contributed by atoms with Gasteiger partial charge in [-0.25, -0.2) is 9.59 Å². The van der Waals surface area contributed by atoms with Gasteiger partial charge in [-0.1, -0.05) is 0 Å². The number of hydrogen-bond donors (Lipinski definition) is 1. The molecule has 0 aromatic heterocycles. The standard InChI is InChI=1S/C32H53N3O7.C27H42N2O8/c1-11-33(22(2)3)29(36)20-25-14-15-26(21-34(25)31(38)42-32(6,7)8)35(23(4)5)30(37)24-13-16-27(40-10)28(19-24)41-18-12-17-39-9;1-18(2)29(25(32)19-9-12-22(35-7)23(15-19)36-14-8-13-34-6)21-11-10-20(16-24(30)31)28(17-21)26(33)37-27(3,4)5/h13,16,19,22-23,25-26H,11-12,14-15,17-18,20-21H2,1-10H3;9,12,15,18,20-21H,8,10-11,13-14,16-17H2,1-7H3,(H,30,31)/t25-,26+;20-,21+/m00/s1. The highest BCUT2D eigenvalue weighted by atomic mass is 16.6. The van der Waals surface area contributed by atoms with Gasteiger partial charge in [-0.2, -0.15) is 0 Å². The molecule has 2 fully saturated rings. The minimum atomic E-state index is -0.981. The quantitative estimate of drug-likeness (QED) is 0.0970. The number of likely N-dealkylation sites (tertiary alicyclic amines) is 2. The summed E-state index contributed by atoms with van der Waals surface area (Å²) < 4.78 is 44.1. The Hall–Kier alpha value is -6.02. The maximum Gasteiger partial charge on any atom is 0.410 e. The van der Waals surface area contributed by atoms with Gasteiger partial charge in [0.15, 0.2) is 23.0 Å². The number of carboxylic acid groups (broad SMARTS) is 1. The summed E-state index contributed by atoms with van der Waals surface area (Å²) >= 11 is 0. The molecule has 0 bridgehead atoms. The van der Waals surface area contributed by atoms with Crippen LogP contribution >= 0.6 is 0 Å². The zero-order chi connectivity index (χ0) is 59.4. The SMILES string of the molecule is CCN(C(=O)C[C@@H]1CC[C@@H](N(C(=O)c2ccc(OC)c(OCCCOC)c2)C(C)C)CN1C(=O)OC(C)(C)C)C(C)C.COCCCOc1cc(C(=O)N(C(C)C)[C@@H]2CC[C@@H](CC(=O)O)N(C(=O)OC(C)(C)C)C2)ccc1OC. The summed E-state index contributed by atoms with van der Waals surface area (Å²) in [6.07, 6.45) is 2.65. The molecule has 20 nitrogen and oxygen atoms in total. The Labute approximate surface area is 470 Å². The van der Waals surface area contributed by atoms with Gasteiger partial charge < -0.3 is 67.5 Å². The van der Waals surface area contributed by atoms with Gasteiger partial charge in [-0.05, 0) is 152 Å². The first kappa shape index (κ1) is 67.3. The number of rotatable bonds is 24. The molecule has 0 aliphatic carbocycles. The summed E-state index contributed by atoms with van der Waals surface area (Å²) in [5.74, 6) is 0.696. The minimum Gasteiger partial charge on any atom is -0.493 e. The molecule has 79 heavy (non-hydrogen) atoms. The lowest BCUT2D eigenvalue weighted by atomic mass is 9.93. The van der Waals surface area contributed by atoms with E-state index in [1.54, 1.807) is 95.4 Å². The van der Waals surface area contributed by atoms with Gasteiger partial charge in [0.2, 0.25) is 5.91 Å². The lowest BCUT2D eigenvalue weighted by Gasteiger charge is -2.45. The normalized spacial score (nSPS) is 17.6. The highest BCUT2D eigenvalue weighted by Gasteiger charge is 2.42. The minimum absolute atomic E-state index is 0.0116. The lowest BCUT2D eigenvalue weighted by molar-refractivity contribution is -0.139. The van der Waals surface area contributed by atoms with Crippen LogP contribution in [0.15, 0.2) is 36.4 Å². The zero-order valence-corrected chi connectivity index (χ0v) is 50.5. The second kappa shape index (κ2) is 31.7. The van der Waals surface area contributed by atoms with Crippen LogP contribution in [0.25, 0.3) is 0 Å². The number of carboxylic acids is 1. The van der Waals surface area contributed by atoms with Crippen LogP contribution in [0.1, 0.15) is 162 Å². The monoisotopic (exact) mass is 1110 g/mol. The van der Waals surface area contributed by atoms with Crippen molar-refractivity contribution in [3.05, 3.63) is 47.5 Å². The lowest BCUT2D eigenvalue weighted by Crippen LogP contribution is -2.58. The number of methoxy groups -OCH3 is 4. The maximum absolute atomic E-state index is 14.0. The number of hydrogen-bond acceptors (Lipinski definition) is 14. The highest BCUT2D eigenvalue weighted by molar-refractivity contribution is 5.96. The first-order valence-electron chi connectivity index (χ1n) is 27.9. The average Bonchev–Trinajstić information content (AvgIpc) is 3.42. The van der Waals surface area contributed by atoms with E-state index < -0.39 is 35.4 Å². The summed E-state index contributed by atoms with van der Waals surface area (Å²) in [5, 5.41) is 9.39. The van der Waals surface area contributed by atoms with Crippen molar-refractivity contribution in [2.24, 2.45) is 0 Å². The molecule has 5 amide bonds. The van der Waals surface area contributed by atoms with E-state index in [2.05, 4.69) is 0 Å². The number of carbonyl (C=O) groups is 6. The number of piperidine rings is 2. The fraction of sp³-hybridized carbons (Fsp3) is 0.695. The Morgan fingerprint density at radius 1 is 0.570 bits per heavy atom. The largest absolute Gasteiger partial charge is 0.493 e. The van der Waals surface area contributed by atoms with Crippen molar-refractivity contribution in [3.63, 3.8) is 0 Å².